The van der Waals surface area contributed by atoms with Crippen molar-refractivity contribution in [1.82, 2.24) is 18.7 Å². The number of anilines is 1. The van der Waals surface area contributed by atoms with E-state index in [1.807, 2.05) is 30.1 Å². The van der Waals surface area contributed by atoms with Gasteiger partial charge in [-0.15, -0.1) is 0 Å². The minimum atomic E-state index is -0.652. The van der Waals surface area contributed by atoms with Gasteiger partial charge >= 0.3 is 5.69 Å². The molecule has 8 heteroatoms. The van der Waals surface area contributed by atoms with Crippen LogP contribution in [0.2, 0.25) is 0 Å². The lowest BCUT2D eigenvalue weighted by Crippen LogP contribution is -2.38. The van der Waals surface area contributed by atoms with E-state index in [1.165, 1.54) is 17.9 Å². The first-order chi connectivity index (χ1) is 14.1. The smallest absolute Gasteiger partial charge is 0.332 e. The molecular formula is C22H25N5O3. The number of carbonyl (C=O) groups is 1. The van der Waals surface area contributed by atoms with Crippen LogP contribution in [0.25, 0.3) is 11.2 Å². The van der Waals surface area contributed by atoms with Gasteiger partial charge in [-0.3, -0.25) is 18.7 Å². The lowest BCUT2D eigenvalue weighted by atomic mass is 9.83. The first-order valence-corrected chi connectivity index (χ1v) is 9.79. The number of fused-ring (bicyclic) bond motifs is 2. The molecule has 8 nitrogen and oxygen atoms in total. The molecule has 0 saturated carbocycles. The third-order valence-electron chi connectivity index (χ3n) is 6.22. The summed E-state index contributed by atoms with van der Waals surface area (Å²) in [7, 11) is 4.93. The molecule has 0 spiro atoms. The molecule has 1 aliphatic heterocycles. The lowest BCUT2D eigenvalue weighted by Gasteiger charge is -2.24. The molecule has 2 aromatic heterocycles. The maximum atomic E-state index is 13.2. The van der Waals surface area contributed by atoms with Crippen molar-refractivity contribution in [3.8, 4) is 0 Å². The molecule has 3 aromatic rings. The molecule has 156 valence electrons. The van der Waals surface area contributed by atoms with Gasteiger partial charge < -0.3 is 9.47 Å². The number of hydrogen-bond donors (Lipinski definition) is 0. The van der Waals surface area contributed by atoms with E-state index in [1.54, 1.807) is 24.6 Å². The third-order valence-corrected chi connectivity index (χ3v) is 6.22. The van der Waals surface area contributed by atoms with E-state index in [0.717, 1.165) is 21.5 Å². The van der Waals surface area contributed by atoms with E-state index in [9.17, 15) is 14.4 Å². The Kier molecular flexibility index (Phi) is 4.34. The highest BCUT2D eigenvalue weighted by Gasteiger charge is 2.39. The van der Waals surface area contributed by atoms with Crippen LogP contribution in [-0.2, 0) is 24.3 Å². The number of aryl methyl sites for hydroxylation is 1. The summed E-state index contributed by atoms with van der Waals surface area (Å²) in [6.45, 7) is 5.93. The van der Waals surface area contributed by atoms with Crippen LogP contribution in [0.1, 0.15) is 32.4 Å². The van der Waals surface area contributed by atoms with E-state index in [2.05, 4.69) is 24.9 Å². The lowest BCUT2D eigenvalue weighted by molar-refractivity contribution is -0.117. The molecule has 1 aromatic carbocycles. The fourth-order valence-electron chi connectivity index (χ4n) is 4.31. The van der Waals surface area contributed by atoms with Crippen molar-refractivity contribution in [2.45, 2.75) is 32.2 Å². The maximum absolute atomic E-state index is 13.2. The molecule has 0 amide bonds. The Morgan fingerprint density at radius 2 is 1.77 bits per heavy atom. The van der Waals surface area contributed by atoms with Crippen molar-refractivity contribution in [2.24, 2.45) is 14.1 Å². The minimum absolute atomic E-state index is 0.145. The first-order valence-electron chi connectivity index (χ1n) is 9.79. The predicted octanol–water partition coefficient (Wildman–Crippen LogP) is 1.88. The van der Waals surface area contributed by atoms with Crippen LogP contribution in [0.3, 0.4) is 0 Å². The van der Waals surface area contributed by atoms with Crippen LogP contribution in [-0.4, -0.2) is 31.5 Å². The van der Waals surface area contributed by atoms with Gasteiger partial charge in [0.2, 0.25) is 0 Å². The zero-order chi connectivity index (χ0) is 22.0. The quantitative estimate of drug-likeness (QED) is 0.619. The number of benzene rings is 1. The number of para-hydroxylation sites is 1. The summed E-state index contributed by atoms with van der Waals surface area (Å²) in [5, 5.41) is 0. The van der Waals surface area contributed by atoms with Gasteiger partial charge in [-0.2, -0.15) is 0 Å². The van der Waals surface area contributed by atoms with Gasteiger partial charge in [-0.1, -0.05) is 32.0 Å². The summed E-state index contributed by atoms with van der Waals surface area (Å²) in [6.07, 6.45) is 3.10. The fourth-order valence-corrected chi connectivity index (χ4v) is 4.31. The van der Waals surface area contributed by atoms with Crippen molar-refractivity contribution in [2.75, 3.05) is 11.9 Å². The number of hydrogen-bond acceptors (Lipinski definition) is 5. The van der Waals surface area contributed by atoms with E-state index < -0.39 is 17.3 Å². The standard InChI is InChI=1S/C22H25N5O3/c1-13(27-12-23-19-18(27)20(29)26(6)21(30)25(19)5)16(28)11-17-22(2,3)14-9-7-8-10-15(14)24(17)4/h7-13H,1-6H3/b17-11+. The van der Waals surface area contributed by atoms with Gasteiger partial charge in [-0.05, 0) is 18.6 Å². The monoisotopic (exact) mass is 407 g/mol. The molecule has 1 aliphatic rings. The number of likely N-dealkylation sites (N-methyl/N-ethyl adjacent to an activating group) is 1. The van der Waals surface area contributed by atoms with E-state index >= 15 is 0 Å². The summed E-state index contributed by atoms with van der Waals surface area (Å²) in [5.41, 5.74) is 2.39. The van der Waals surface area contributed by atoms with Gasteiger partial charge in [0.1, 0.15) is 0 Å². The Labute approximate surface area is 173 Å². The number of nitrogens with zero attached hydrogens (tertiary/aromatic N) is 5. The summed E-state index contributed by atoms with van der Waals surface area (Å²) < 4.78 is 3.89. The number of allylic oxidation sites excluding steroid dienone is 2. The maximum Gasteiger partial charge on any atom is 0.332 e. The number of ketones is 1. The zero-order valence-electron chi connectivity index (χ0n) is 18.0. The largest absolute Gasteiger partial charge is 0.347 e. The Morgan fingerprint density at radius 3 is 2.43 bits per heavy atom. The summed E-state index contributed by atoms with van der Waals surface area (Å²) in [4.78, 5) is 44.4. The molecular weight excluding hydrogens is 382 g/mol. The van der Waals surface area contributed by atoms with Gasteiger partial charge in [0, 0.05) is 44.0 Å². The van der Waals surface area contributed by atoms with Crippen LogP contribution < -0.4 is 16.1 Å². The van der Waals surface area contributed by atoms with Crippen LogP contribution in [0.15, 0.2) is 52.0 Å². The van der Waals surface area contributed by atoms with Crippen molar-refractivity contribution < 1.29 is 4.79 Å². The average Bonchev–Trinajstić information content (AvgIpc) is 3.25. The molecule has 0 saturated heterocycles. The third kappa shape index (κ3) is 2.59. The molecule has 3 heterocycles. The predicted molar refractivity (Wildman–Crippen MR) is 116 cm³/mol. The summed E-state index contributed by atoms with van der Waals surface area (Å²) >= 11 is 0. The number of rotatable bonds is 3. The Bertz CT molecular complexity index is 1340. The summed E-state index contributed by atoms with van der Waals surface area (Å²) in [6, 6.07) is 7.45. The second-order valence-corrected chi connectivity index (χ2v) is 8.34. The number of carbonyl (C=O) groups excluding carboxylic acids is 1. The van der Waals surface area contributed by atoms with Crippen LogP contribution >= 0.6 is 0 Å². The Morgan fingerprint density at radius 1 is 1.10 bits per heavy atom. The summed E-state index contributed by atoms with van der Waals surface area (Å²) in [5.74, 6) is -0.145. The number of aromatic nitrogens is 4. The van der Waals surface area contributed by atoms with Gasteiger partial charge in [0.25, 0.3) is 5.56 Å². The van der Waals surface area contributed by atoms with E-state index in [0.29, 0.717) is 0 Å². The van der Waals surface area contributed by atoms with Crippen molar-refractivity contribution in [3.05, 3.63) is 68.8 Å². The topological polar surface area (TPSA) is 82.1 Å². The molecule has 0 radical (unpaired) electrons. The first kappa shape index (κ1) is 19.9. The molecule has 30 heavy (non-hydrogen) atoms. The van der Waals surface area contributed by atoms with E-state index in [-0.39, 0.29) is 22.4 Å². The second kappa shape index (κ2) is 6.55. The van der Waals surface area contributed by atoms with Crippen LogP contribution in [0, 0.1) is 0 Å². The van der Waals surface area contributed by atoms with Gasteiger partial charge in [0.15, 0.2) is 16.9 Å². The van der Waals surface area contributed by atoms with Crippen LogP contribution in [0.4, 0.5) is 5.69 Å². The van der Waals surface area contributed by atoms with Crippen molar-refractivity contribution >= 4 is 22.6 Å². The van der Waals surface area contributed by atoms with Crippen molar-refractivity contribution in [1.29, 1.82) is 0 Å². The zero-order valence-corrected chi connectivity index (χ0v) is 18.0. The average molecular weight is 407 g/mol. The van der Waals surface area contributed by atoms with Crippen LogP contribution in [0.5, 0.6) is 0 Å². The van der Waals surface area contributed by atoms with E-state index in [4.69, 9.17) is 0 Å². The normalized spacial score (nSPS) is 17.5. The highest BCUT2D eigenvalue weighted by atomic mass is 16.2. The fraction of sp³-hybridized carbons (Fsp3) is 0.364. The highest BCUT2D eigenvalue weighted by molar-refractivity contribution is 5.96. The van der Waals surface area contributed by atoms with Crippen molar-refractivity contribution in [3.63, 3.8) is 0 Å². The molecule has 1 unspecified atom stereocenters. The molecule has 0 fully saturated rings. The molecule has 4 rings (SSSR count). The van der Waals surface area contributed by atoms with Gasteiger partial charge in [-0.25, -0.2) is 9.78 Å². The minimum Gasteiger partial charge on any atom is -0.347 e. The van der Waals surface area contributed by atoms with Gasteiger partial charge in [0.05, 0.1) is 12.4 Å². The second-order valence-electron chi connectivity index (χ2n) is 8.34. The molecule has 1 atom stereocenters. The number of imidazole rings is 1. The SMILES string of the molecule is CC(C(=O)/C=C1/N(C)c2ccccc2C1(C)C)n1cnc2c1c(=O)n(C)c(=O)n2C. The Hall–Kier alpha value is -3.42. The highest BCUT2D eigenvalue weighted by Crippen LogP contribution is 2.46. The molecule has 0 N–H and O–H groups in total. The Balaban J connectivity index is 1.79. The molecule has 0 bridgehead atoms. The molecule has 0 aliphatic carbocycles.